The summed E-state index contributed by atoms with van der Waals surface area (Å²) in [5.74, 6) is 0.161. The summed E-state index contributed by atoms with van der Waals surface area (Å²) in [6.07, 6.45) is 1.08. The molecule has 1 heterocycles. The Balaban J connectivity index is 1.97. The zero-order valence-electron chi connectivity index (χ0n) is 15.4. The van der Waals surface area contributed by atoms with Crippen LogP contribution in [-0.4, -0.2) is 62.3 Å². The van der Waals surface area contributed by atoms with Crippen LogP contribution in [0.3, 0.4) is 0 Å². The summed E-state index contributed by atoms with van der Waals surface area (Å²) in [7, 11) is -3.42. The number of nitrogens with zero attached hydrogens (tertiary/aromatic N) is 2. The van der Waals surface area contributed by atoms with Gasteiger partial charge in [-0.1, -0.05) is 26.0 Å². The molecule has 1 fully saturated rings. The molecule has 0 aromatic heterocycles. The summed E-state index contributed by atoms with van der Waals surface area (Å²) in [6, 6.07) is 7.13. The molecule has 1 saturated heterocycles. The number of hydrogen-bond acceptors (Lipinski definition) is 4. The van der Waals surface area contributed by atoms with E-state index < -0.39 is 10.0 Å². The standard InChI is InChI=1S/C18H29N3O3S/c1-4-20(5-2)25(23,24)17-9-6-16(7-10-17)8-11-18(22)21-13-12-19-14-15(21)3/h6-7,9-10,15,19H,4-5,8,11-14H2,1-3H3. The Morgan fingerprint density at radius 1 is 1.24 bits per heavy atom. The molecule has 25 heavy (non-hydrogen) atoms. The van der Waals surface area contributed by atoms with Crippen molar-refractivity contribution in [2.24, 2.45) is 0 Å². The third-order valence-electron chi connectivity index (χ3n) is 4.72. The van der Waals surface area contributed by atoms with Crippen molar-refractivity contribution in [1.29, 1.82) is 0 Å². The molecular weight excluding hydrogens is 338 g/mol. The van der Waals surface area contributed by atoms with Crippen molar-refractivity contribution in [3.8, 4) is 0 Å². The van der Waals surface area contributed by atoms with Gasteiger partial charge in [0.1, 0.15) is 0 Å². The minimum atomic E-state index is -3.42. The van der Waals surface area contributed by atoms with E-state index in [1.165, 1.54) is 4.31 Å². The van der Waals surface area contributed by atoms with E-state index >= 15 is 0 Å². The van der Waals surface area contributed by atoms with Gasteiger partial charge in [-0.3, -0.25) is 4.79 Å². The number of benzene rings is 1. The lowest BCUT2D eigenvalue weighted by atomic mass is 10.1. The van der Waals surface area contributed by atoms with Crippen molar-refractivity contribution in [2.45, 2.75) is 44.6 Å². The Kier molecular flexibility index (Phi) is 6.98. The van der Waals surface area contributed by atoms with Crippen LogP contribution in [0.5, 0.6) is 0 Å². The summed E-state index contributed by atoms with van der Waals surface area (Å²) in [6.45, 7) is 9.06. The normalized spacial score (nSPS) is 18.6. The van der Waals surface area contributed by atoms with Crippen molar-refractivity contribution in [3.63, 3.8) is 0 Å². The molecule has 1 unspecified atom stereocenters. The lowest BCUT2D eigenvalue weighted by Crippen LogP contribution is -2.52. The Bertz CT molecular complexity index is 669. The number of rotatable bonds is 7. The average molecular weight is 368 g/mol. The van der Waals surface area contributed by atoms with Gasteiger partial charge in [-0.2, -0.15) is 4.31 Å². The maximum Gasteiger partial charge on any atom is 0.243 e. The molecule has 140 valence electrons. The topological polar surface area (TPSA) is 69.7 Å². The number of carbonyl (C=O) groups is 1. The molecule has 0 bridgehead atoms. The van der Waals surface area contributed by atoms with Crippen LogP contribution in [0.15, 0.2) is 29.2 Å². The van der Waals surface area contributed by atoms with Crippen LogP contribution in [0, 0.1) is 0 Å². The molecule has 2 rings (SSSR count). The highest BCUT2D eigenvalue weighted by Crippen LogP contribution is 2.17. The Hall–Kier alpha value is -1.44. The fourth-order valence-corrected chi connectivity index (χ4v) is 4.61. The average Bonchev–Trinajstić information content (AvgIpc) is 2.61. The molecule has 1 atom stereocenters. The quantitative estimate of drug-likeness (QED) is 0.792. The van der Waals surface area contributed by atoms with Crippen LogP contribution in [-0.2, 0) is 21.2 Å². The molecule has 0 saturated carbocycles. The third-order valence-corrected chi connectivity index (χ3v) is 6.78. The Labute approximate surface area is 151 Å². The number of amides is 1. The molecule has 1 N–H and O–H groups in total. The monoisotopic (exact) mass is 367 g/mol. The van der Waals surface area contributed by atoms with Crippen molar-refractivity contribution in [1.82, 2.24) is 14.5 Å². The van der Waals surface area contributed by atoms with Gasteiger partial charge in [0.25, 0.3) is 0 Å². The first kappa shape index (κ1) is 19.9. The second-order valence-corrected chi connectivity index (χ2v) is 8.31. The van der Waals surface area contributed by atoms with E-state index in [4.69, 9.17) is 0 Å². The molecule has 1 aliphatic rings. The SMILES string of the molecule is CCN(CC)S(=O)(=O)c1ccc(CCC(=O)N2CCNCC2C)cc1. The van der Waals surface area contributed by atoms with Gasteiger partial charge in [0.05, 0.1) is 4.90 Å². The summed E-state index contributed by atoms with van der Waals surface area (Å²) >= 11 is 0. The van der Waals surface area contributed by atoms with Crippen LogP contribution in [0.2, 0.25) is 0 Å². The van der Waals surface area contributed by atoms with E-state index in [1.54, 1.807) is 12.1 Å². The smallest absolute Gasteiger partial charge is 0.243 e. The second kappa shape index (κ2) is 8.78. The molecule has 7 heteroatoms. The summed E-state index contributed by atoms with van der Waals surface area (Å²) in [4.78, 5) is 14.6. The number of sulfonamides is 1. The zero-order chi connectivity index (χ0) is 18.4. The van der Waals surface area contributed by atoms with E-state index in [-0.39, 0.29) is 11.9 Å². The lowest BCUT2D eigenvalue weighted by molar-refractivity contribution is -0.133. The first-order chi connectivity index (χ1) is 11.9. The molecule has 1 amide bonds. The van der Waals surface area contributed by atoms with E-state index in [9.17, 15) is 13.2 Å². The van der Waals surface area contributed by atoms with E-state index in [0.29, 0.717) is 30.8 Å². The van der Waals surface area contributed by atoms with Gasteiger partial charge in [0.15, 0.2) is 0 Å². The van der Waals surface area contributed by atoms with Gasteiger partial charge in [-0.15, -0.1) is 0 Å². The van der Waals surface area contributed by atoms with Gasteiger partial charge in [-0.25, -0.2) is 8.42 Å². The van der Waals surface area contributed by atoms with Crippen molar-refractivity contribution in [2.75, 3.05) is 32.7 Å². The maximum absolute atomic E-state index is 12.5. The Morgan fingerprint density at radius 2 is 1.88 bits per heavy atom. The van der Waals surface area contributed by atoms with E-state index in [2.05, 4.69) is 12.2 Å². The minimum absolute atomic E-state index is 0.161. The molecule has 6 nitrogen and oxygen atoms in total. The number of piperazine rings is 1. The third kappa shape index (κ3) is 4.80. The number of aryl methyl sites for hydroxylation is 1. The summed E-state index contributed by atoms with van der Waals surface area (Å²) in [5, 5.41) is 3.28. The largest absolute Gasteiger partial charge is 0.337 e. The van der Waals surface area contributed by atoms with Crippen LogP contribution in [0.1, 0.15) is 32.8 Å². The molecule has 0 aliphatic carbocycles. The second-order valence-electron chi connectivity index (χ2n) is 6.37. The molecule has 0 spiro atoms. The highest BCUT2D eigenvalue weighted by atomic mass is 32.2. The fraction of sp³-hybridized carbons (Fsp3) is 0.611. The Morgan fingerprint density at radius 3 is 2.44 bits per heavy atom. The van der Waals surface area contributed by atoms with Gasteiger partial charge in [0, 0.05) is 45.2 Å². The number of nitrogens with one attached hydrogen (secondary N) is 1. The van der Waals surface area contributed by atoms with Crippen molar-refractivity contribution < 1.29 is 13.2 Å². The summed E-state index contributed by atoms with van der Waals surface area (Å²) < 4.78 is 26.4. The maximum atomic E-state index is 12.5. The molecular formula is C18H29N3O3S. The minimum Gasteiger partial charge on any atom is -0.337 e. The predicted octanol–water partition coefficient (Wildman–Crippen LogP) is 1.47. The van der Waals surface area contributed by atoms with Gasteiger partial charge in [-0.05, 0) is 31.0 Å². The molecule has 0 radical (unpaired) electrons. The van der Waals surface area contributed by atoms with Crippen molar-refractivity contribution >= 4 is 15.9 Å². The fourth-order valence-electron chi connectivity index (χ4n) is 3.15. The molecule has 1 aromatic carbocycles. The van der Waals surface area contributed by atoms with Gasteiger partial charge >= 0.3 is 0 Å². The number of carbonyl (C=O) groups excluding carboxylic acids is 1. The van der Waals surface area contributed by atoms with E-state index in [0.717, 1.165) is 25.2 Å². The first-order valence-corrected chi connectivity index (χ1v) is 10.4. The highest BCUT2D eigenvalue weighted by Gasteiger charge is 2.23. The van der Waals surface area contributed by atoms with Crippen LogP contribution < -0.4 is 5.32 Å². The molecule has 1 aromatic rings. The number of hydrogen-bond donors (Lipinski definition) is 1. The summed E-state index contributed by atoms with van der Waals surface area (Å²) in [5.41, 5.74) is 0.981. The predicted molar refractivity (Wildman–Crippen MR) is 98.9 cm³/mol. The van der Waals surface area contributed by atoms with Gasteiger partial charge in [0.2, 0.25) is 15.9 Å². The first-order valence-electron chi connectivity index (χ1n) is 8.99. The van der Waals surface area contributed by atoms with E-state index in [1.807, 2.05) is 30.9 Å². The highest BCUT2D eigenvalue weighted by molar-refractivity contribution is 7.89. The van der Waals surface area contributed by atoms with Crippen LogP contribution in [0.25, 0.3) is 0 Å². The van der Waals surface area contributed by atoms with Crippen LogP contribution >= 0.6 is 0 Å². The van der Waals surface area contributed by atoms with Gasteiger partial charge < -0.3 is 10.2 Å². The van der Waals surface area contributed by atoms with Crippen molar-refractivity contribution in [3.05, 3.63) is 29.8 Å². The zero-order valence-corrected chi connectivity index (χ0v) is 16.2. The molecule has 1 aliphatic heterocycles. The lowest BCUT2D eigenvalue weighted by Gasteiger charge is -2.34. The van der Waals surface area contributed by atoms with Crippen LogP contribution in [0.4, 0.5) is 0 Å².